The molecule has 0 radical (unpaired) electrons. The van der Waals surface area contributed by atoms with Gasteiger partial charge in [0.15, 0.2) is 0 Å². The van der Waals surface area contributed by atoms with Gasteiger partial charge in [-0.2, -0.15) is 13.2 Å². The monoisotopic (exact) mass is 432 g/mol. The Labute approximate surface area is 182 Å². The third-order valence-electron chi connectivity index (χ3n) is 6.62. The number of halogens is 3. The minimum absolute atomic E-state index is 0.168. The predicted molar refractivity (Wildman–Crippen MR) is 116 cm³/mol. The number of hydrogen-bond acceptors (Lipinski definition) is 3. The summed E-state index contributed by atoms with van der Waals surface area (Å²) in [6.45, 7) is 3.44. The van der Waals surface area contributed by atoms with E-state index >= 15 is 0 Å². The van der Waals surface area contributed by atoms with Crippen LogP contribution in [0.2, 0.25) is 0 Å². The first-order valence-corrected chi connectivity index (χ1v) is 11.1. The lowest BCUT2D eigenvalue weighted by atomic mass is 9.85. The first kappa shape index (κ1) is 22.3. The minimum atomic E-state index is -4.14. The van der Waals surface area contributed by atoms with Crippen molar-refractivity contribution in [1.82, 2.24) is 9.80 Å². The van der Waals surface area contributed by atoms with Crippen LogP contribution in [0.25, 0.3) is 0 Å². The van der Waals surface area contributed by atoms with Crippen LogP contribution in [-0.4, -0.2) is 62.4 Å². The second-order valence-corrected chi connectivity index (χ2v) is 9.04. The third kappa shape index (κ3) is 5.48. The normalized spacial score (nSPS) is 23.8. The van der Waals surface area contributed by atoms with Crippen LogP contribution >= 0.6 is 0 Å². The molecule has 2 saturated heterocycles. The topological polar surface area (TPSA) is 15.7 Å². The van der Waals surface area contributed by atoms with Gasteiger partial charge in [0.1, 0.15) is 0 Å². The van der Waals surface area contributed by atoms with Gasteiger partial charge in [-0.05, 0) is 31.1 Å². The first-order chi connectivity index (χ1) is 14.9. The highest BCUT2D eigenvalue weighted by molar-refractivity contribution is 5.32. The summed E-state index contributed by atoms with van der Waals surface area (Å²) < 4.78 is 45.9. The Morgan fingerprint density at radius 2 is 1.48 bits per heavy atom. The highest BCUT2D eigenvalue weighted by atomic mass is 19.4. The zero-order chi connectivity index (χ0) is 21.8. The van der Waals surface area contributed by atoms with E-state index in [0.717, 1.165) is 13.1 Å². The maximum absolute atomic E-state index is 13.4. The van der Waals surface area contributed by atoms with E-state index in [4.69, 9.17) is 4.74 Å². The van der Waals surface area contributed by atoms with Crippen molar-refractivity contribution < 1.29 is 17.9 Å². The van der Waals surface area contributed by atoms with Gasteiger partial charge in [0, 0.05) is 31.5 Å². The molecule has 6 heteroatoms. The summed E-state index contributed by atoms with van der Waals surface area (Å²) in [6.07, 6.45) is -3.97. The molecule has 0 bridgehead atoms. The number of ether oxygens (including phenoxy) is 1. The van der Waals surface area contributed by atoms with Crippen molar-refractivity contribution in [1.29, 1.82) is 0 Å². The molecule has 31 heavy (non-hydrogen) atoms. The fourth-order valence-electron chi connectivity index (χ4n) is 5.01. The zero-order valence-corrected chi connectivity index (χ0v) is 18.0. The van der Waals surface area contributed by atoms with Crippen molar-refractivity contribution in [2.45, 2.75) is 18.6 Å². The van der Waals surface area contributed by atoms with Crippen LogP contribution in [0, 0.1) is 17.8 Å². The average Bonchev–Trinajstić information content (AvgIpc) is 2.72. The van der Waals surface area contributed by atoms with E-state index in [1.54, 1.807) is 0 Å². The van der Waals surface area contributed by atoms with E-state index in [9.17, 15) is 13.2 Å². The molecule has 2 aliphatic rings. The lowest BCUT2D eigenvalue weighted by Crippen LogP contribution is -2.51. The van der Waals surface area contributed by atoms with E-state index < -0.39 is 18.0 Å². The predicted octanol–water partition coefficient (Wildman–Crippen LogP) is 4.85. The van der Waals surface area contributed by atoms with Gasteiger partial charge >= 0.3 is 6.18 Å². The summed E-state index contributed by atoms with van der Waals surface area (Å²) >= 11 is 0. The summed E-state index contributed by atoms with van der Waals surface area (Å²) in [5.74, 6) is -1.36. The Kier molecular flexibility index (Phi) is 6.99. The molecule has 2 aromatic carbocycles. The van der Waals surface area contributed by atoms with Crippen molar-refractivity contribution in [3.8, 4) is 0 Å². The minimum Gasteiger partial charge on any atom is -0.381 e. The molecule has 0 saturated carbocycles. The molecule has 2 aromatic rings. The van der Waals surface area contributed by atoms with Crippen LogP contribution < -0.4 is 0 Å². The molecule has 4 rings (SSSR count). The molecular weight excluding hydrogens is 401 g/mol. The molecule has 2 unspecified atom stereocenters. The fourth-order valence-corrected chi connectivity index (χ4v) is 5.01. The number of benzene rings is 2. The SMILES string of the molecule is CN1CCC(C(F)(F)F)C(COCC2CN(C(c3ccccc3)c3ccccc3)C2)C1. The number of rotatable bonds is 7. The van der Waals surface area contributed by atoms with Crippen molar-refractivity contribution in [3.05, 3.63) is 71.8 Å². The molecule has 3 nitrogen and oxygen atoms in total. The summed E-state index contributed by atoms with van der Waals surface area (Å²) in [5.41, 5.74) is 2.51. The van der Waals surface area contributed by atoms with Crippen LogP contribution in [0.1, 0.15) is 23.6 Å². The van der Waals surface area contributed by atoms with Crippen molar-refractivity contribution in [3.63, 3.8) is 0 Å². The molecule has 0 aromatic heterocycles. The summed E-state index contributed by atoms with van der Waals surface area (Å²) in [4.78, 5) is 4.40. The van der Waals surface area contributed by atoms with Gasteiger partial charge in [0.2, 0.25) is 0 Å². The van der Waals surface area contributed by atoms with Crippen LogP contribution in [-0.2, 0) is 4.74 Å². The van der Waals surface area contributed by atoms with Gasteiger partial charge in [-0.25, -0.2) is 0 Å². The Balaban J connectivity index is 1.31. The van der Waals surface area contributed by atoms with Crippen LogP contribution in [0.15, 0.2) is 60.7 Å². The summed E-state index contributed by atoms with van der Waals surface area (Å²) in [5, 5.41) is 0. The van der Waals surface area contributed by atoms with Gasteiger partial charge in [-0.3, -0.25) is 4.90 Å². The largest absolute Gasteiger partial charge is 0.392 e. The maximum atomic E-state index is 13.4. The Bertz CT molecular complexity index is 769. The molecule has 2 aliphatic heterocycles. The van der Waals surface area contributed by atoms with E-state index in [0.29, 0.717) is 25.6 Å². The van der Waals surface area contributed by atoms with Gasteiger partial charge in [-0.1, -0.05) is 60.7 Å². The van der Waals surface area contributed by atoms with Crippen LogP contribution in [0.4, 0.5) is 13.2 Å². The number of alkyl halides is 3. The molecule has 2 heterocycles. The first-order valence-electron chi connectivity index (χ1n) is 11.1. The lowest BCUT2D eigenvalue weighted by molar-refractivity contribution is -0.205. The number of nitrogens with zero attached hydrogens (tertiary/aromatic N) is 2. The van der Waals surface area contributed by atoms with Gasteiger partial charge < -0.3 is 9.64 Å². The number of likely N-dealkylation sites (tertiary alicyclic amines) is 2. The maximum Gasteiger partial charge on any atom is 0.392 e. The van der Waals surface area contributed by atoms with E-state index in [2.05, 4.69) is 53.4 Å². The van der Waals surface area contributed by atoms with E-state index in [1.807, 2.05) is 24.1 Å². The smallest absolute Gasteiger partial charge is 0.381 e. The molecule has 0 spiro atoms. The van der Waals surface area contributed by atoms with Gasteiger partial charge in [-0.15, -0.1) is 0 Å². The highest BCUT2D eigenvalue weighted by Crippen LogP contribution is 2.38. The fraction of sp³-hybridized carbons (Fsp3) is 0.520. The summed E-state index contributed by atoms with van der Waals surface area (Å²) in [6, 6.07) is 21.1. The standard InChI is InChI=1S/C25H31F3N2O/c1-29-13-12-23(25(26,27)28)22(16-29)18-31-17-19-14-30(15-19)24(20-8-4-2-5-9-20)21-10-6-3-7-11-21/h2-11,19,22-24H,12-18H2,1H3. The third-order valence-corrected chi connectivity index (χ3v) is 6.62. The van der Waals surface area contributed by atoms with Gasteiger partial charge in [0.05, 0.1) is 25.2 Å². The second-order valence-electron chi connectivity index (χ2n) is 9.04. The molecule has 0 amide bonds. The van der Waals surface area contributed by atoms with Crippen LogP contribution in [0.5, 0.6) is 0 Å². The van der Waals surface area contributed by atoms with Crippen molar-refractivity contribution in [2.75, 3.05) is 46.4 Å². The van der Waals surface area contributed by atoms with Gasteiger partial charge in [0.25, 0.3) is 0 Å². The molecule has 0 N–H and O–H groups in total. The molecule has 0 aliphatic carbocycles. The zero-order valence-electron chi connectivity index (χ0n) is 18.0. The molecular formula is C25H31F3N2O. The van der Waals surface area contributed by atoms with E-state index in [1.165, 1.54) is 11.1 Å². The molecule has 2 atom stereocenters. The Morgan fingerprint density at radius 3 is 2.03 bits per heavy atom. The van der Waals surface area contributed by atoms with Crippen molar-refractivity contribution >= 4 is 0 Å². The Hall–Kier alpha value is -1.89. The van der Waals surface area contributed by atoms with Crippen molar-refractivity contribution in [2.24, 2.45) is 17.8 Å². The quantitative estimate of drug-likeness (QED) is 0.622. The van der Waals surface area contributed by atoms with Crippen LogP contribution in [0.3, 0.4) is 0 Å². The van der Waals surface area contributed by atoms with E-state index in [-0.39, 0.29) is 19.1 Å². The highest BCUT2D eigenvalue weighted by Gasteiger charge is 2.46. The number of hydrogen-bond donors (Lipinski definition) is 0. The summed E-state index contributed by atoms with van der Waals surface area (Å²) in [7, 11) is 1.89. The second kappa shape index (κ2) is 9.72. The molecule has 168 valence electrons. The average molecular weight is 433 g/mol. The molecule has 2 fully saturated rings. The number of piperidine rings is 1. The lowest BCUT2D eigenvalue weighted by Gasteiger charge is -2.45. The Morgan fingerprint density at radius 1 is 0.903 bits per heavy atom.